The van der Waals surface area contributed by atoms with Gasteiger partial charge in [-0.05, 0) is 6.07 Å². The Hall–Kier alpha value is -1.12. The zero-order chi connectivity index (χ0) is 14.2. The average molecular weight is 409 g/mol. The molecular weight excluding hydrogens is 391 g/mol. The topological polar surface area (TPSA) is 59.6 Å². The number of nitrogens with zero attached hydrogens (tertiary/aromatic N) is 1. The van der Waals surface area contributed by atoms with Crippen LogP contribution < -0.4 is 15.8 Å². The fourth-order valence-corrected chi connectivity index (χ4v) is 2.63. The highest BCUT2D eigenvalue weighted by atomic mass is 127. The maximum Gasteiger partial charge on any atom is 0.252 e. The van der Waals surface area contributed by atoms with Gasteiger partial charge in [0.1, 0.15) is 5.75 Å². The number of hydrogen-bond donors (Lipinski definition) is 2. The first-order chi connectivity index (χ1) is 9.53. The molecule has 0 saturated heterocycles. The van der Waals surface area contributed by atoms with E-state index in [2.05, 4.69) is 10.3 Å². The van der Waals surface area contributed by atoms with Crippen LogP contribution in [0.5, 0.6) is 5.75 Å². The number of ether oxygens (including phenoxy) is 1. The lowest BCUT2D eigenvalue weighted by Gasteiger charge is -2.35. The number of halogens is 3. The number of nitrogens with one attached hydrogen (secondary N) is 1. The molecule has 0 bridgehead atoms. The van der Waals surface area contributed by atoms with Gasteiger partial charge in [0.2, 0.25) is 0 Å². The minimum absolute atomic E-state index is 0. The second kappa shape index (κ2) is 6.33. The highest BCUT2D eigenvalue weighted by Gasteiger charge is 2.45. The van der Waals surface area contributed by atoms with Crippen LogP contribution in [0.2, 0.25) is 0 Å². The van der Waals surface area contributed by atoms with E-state index in [-0.39, 0.29) is 54.9 Å². The van der Waals surface area contributed by atoms with Crippen molar-refractivity contribution in [3.8, 4) is 5.75 Å². The normalized spacial score (nSPS) is 24.1. The molecule has 3 rings (SSSR count). The van der Waals surface area contributed by atoms with Crippen LogP contribution in [0.4, 0.5) is 8.78 Å². The number of hydrogen-bond acceptors (Lipinski definition) is 2. The Balaban J connectivity index is 0.00000161. The fourth-order valence-electron chi connectivity index (χ4n) is 2.63. The lowest BCUT2D eigenvalue weighted by molar-refractivity contribution is -0.0886. The summed E-state index contributed by atoms with van der Waals surface area (Å²) >= 11 is 0. The number of benzene rings is 1. The summed E-state index contributed by atoms with van der Waals surface area (Å²) in [6, 6.07) is 7.33. The van der Waals surface area contributed by atoms with E-state index in [1.165, 1.54) is 0 Å². The highest BCUT2D eigenvalue weighted by Crippen LogP contribution is 2.37. The third kappa shape index (κ3) is 3.75. The van der Waals surface area contributed by atoms with Crippen molar-refractivity contribution in [2.45, 2.75) is 37.3 Å². The molecule has 3 N–H and O–H groups in total. The van der Waals surface area contributed by atoms with E-state index in [1.54, 1.807) is 0 Å². The van der Waals surface area contributed by atoms with Gasteiger partial charge in [-0.15, -0.1) is 24.0 Å². The van der Waals surface area contributed by atoms with Crippen LogP contribution in [0.1, 0.15) is 30.9 Å². The minimum atomic E-state index is -2.55. The third-order valence-electron chi connectivity index (χ3n) is 3.66. The Bertz CT molecular complexity index is 531. The largest absolute Gasteiger partial charge is 0.493 e. The molecule has 1 atom stereocenters. The molecule has 2 aliphatic rings. The SMILES string of the molecule is I.NC(=NC1CCOc2ccccc21)NC1CC(F)(F)C1. The average Bonchev–Trinajstić information content (AvgIpc) is 2.37. The monoisotopic (exact) mass is 409 g/mol. The molecule has 21 heavy (non-hydrogen) atoms. The fraction of sp³-hybridized carbons (Fsp3) is 0.500. The van der Waals surface area contributed by atoms with Crippen molar-refractivity contribution in [3.05, 3.63) is 29.8 Å². The van der Waals surface area contributed by atoms with Gasteiger partial charge in [-0.2, -0.15) is 0 Å². The Labute approximate surface area is 139 Å². The standard InChI is InChI=1S/C14H17F2N3O.HI/c15-14(16)7-9(8-14)18-13(17)19-11-5-6-20-12-4-2-1-3-10(11)12;/h1-4,9,11H,5-8H2,(H3,17,18,19);1H. The van der Waals surface area contributed by atoms with Crippen molar-refractivity contribution in [1.82, 2.24) is 5.32 Å². The second-order valence-electron chi connectivity index (χ2n) is 5.31. The van der Waals surface area contributed by atoms with E-state index in [0.29, 0.717) is 6.61 Å². The molecule has 0 aromatic heterocycles. The molecule has 1 aliphatic heterocycles. The Morgan fingerprint density at radius 3 is 2.76 bits per heavy atom. The number of fused-ring (bicyclic) bond motifs is 1. The predicted octanol–water partition coefficient (Wildman–Crippen LogP) is 2.83. The van der Waals surface area contributed by atoms with Crippen molar-refractivity contribution in [1.29, 1.82) is 0 Å². The number of rotatable bonds is 2. The highest BCUT2D eigenvalue weighted by molar-refractivity contribution is 14.0. The molecule has 7 heteroatoms. The van der Waals surface area contributed by atoms with Gasteiger partial charge in [-0.3, -0.25) is 0 Å². The Morgan fingerprint density at radius 1 is 1.33 bits per heavy atom. The molecule has 0 radical (unpaired) electrons. The van der Waals surface area contributed by atoms with Gasteiger partial charge in [-0.1, -0.05) is 18.2 Å². The van der Waals surface area contributed by atoms with E-state index >= 15 is 0 Å². The molecule has 1 unspecified atom stereocenters. The number of alkyl halides is 2. The summed E-state index contributed by atoms with van der Waals surface area (Å²) in [5.74, 6) is -1.51. The van der Waals surface area contributed by atoms with Crippen LogP contribution in [0.15, 0.2) is 29.3 Å². The number of aliphatic imine (C=N–C) groups is 1. The predicted molar refractivity (Wildman–Crippen MR) is 87.4 cm³/mol. The van der Waals surface area contributed by atoms with E-state index < -0.39 is 5.92 Å². The Kier molecular flexibility index (Phi) is 4.90. The zero-order valence-electron chi connectivity index (χ0n) is 11.4. The summed E-state index contributed by atoms with van der Waals surface area (Å²) in [6.45, 7) is 0.583. The van der Waals surface area contributed by atoms with E-state index in [0.717, 1.165) is 17.7 Å². The van der Waals surface area contributed by atoms with Crippen molar-refractivity contribution in [2.75, 3.05) is 6.61 Å². The second-order valence-corrected chi connectivity index (χ2v) is 5.31. The van der Waals surface area contributed by atoms with Gasteiger partial charge < -0.3 is 15.8 Å². The zero-order valence-corrected chi connectivity index (χ0v) is 13.7. The van der Waals surface area contributed by atoms with Crippen molar-refractivity contribution < 1.29 is 13.5 Å². The molecule has 1 aromatic rings. The van der Waals surface area contributed by atoms with Crippen molar-refractivity contribution >= 4 is 29.9 Å². The maximum atomic E-state index is 12.8. The molecule has 4 nitrogen and oxygen atoms in total. The smallest absolute Gasteiger partial charge is 0.252 e. The van der Waals surface area contributed by atoms with Crippen molar-refractivity contribution in [3.63, 3.8) is 0 Å². The molecule has 1 saturated carbocycles. The third-order valence-corrected chi connectivity index (χ3v) is 3.66. The van der Waals surface area contributed by atoms with Gasteiger partial charge in [-0.25, -0.2) is 13.8 Å². The maximum absolute atomic E-state index is 12.8. The molecule has 1 heterocycles. The van der Waals surface area contributed by atoms with E-state index in [4.69, 9.17) is 10.5 Å². The summed E-state index contributed by atoms with van der Waals surface area (Å²) in [5.41, 5.74) is 6.80. The molecule has 1 aliphatic carbocycles. The van der Waals surface area contributed by atoms with Crippen LogP contribution in [0.25, 0.3) is 0 Å². The van der Waals surface area contributed by atoms with Gasteiger partial charge in [0.15, 0.2) is 5.96 Å². The van der Waals surface area contributed by atoms with Gasteiger partial charge in [0.25, 0.3) is 5.92 Å². The van der Waals surface area contributed by atoms with E-state index in [9.17, 15) is 8.78 Å². The lowest BCUT2D eigenvalue weighted by Crippen LogP contribution is -2.52. The molecule has 116 valence electrons. The molecule has 1 aromatic carbocycles. The number of guanidine groups is 1. The van der Waals surface area contributed by atoms with Crippen LogP contribution in [0.3, 0.4) is 0 Å². The molecular formula is C14H18F2IN3O. The van der Waals surface area contributed by atoms with Gasteiger partial charge in [0, 0.05) is 30.9 Å². The van der Waals surface area contributed by atoms with Gasteiger partial charge >= 0.3 is 0 Å². The number of para-hydroxylation sites is 1. The molecule has 1 fully saturated rings. The number of nitrogens with two attached hydrogens (primary N) is 1. The van der Waals surface area contributed by atoms with Crippen LogP contribution >= 0.6 is 24.0 Å². The first-order valence-corrected chi connectivity index (χ1v) is 6.73. The van der Waals surface area contributed by atoms with Gasteiger partial charge in [0.05, 0.1) is 12.6 Å². The summed E-state index contributed by atoms with van der Waals surface area (Å²) in [7, 11) is 0. The summed E-state index contributed by atoms with van der Waals surface area (Å²) in [6.07, 6.45) is 0.390. The van der Waals surface area contributed by atoms with E-state index in [1.807, 2.05) is 24.3 Å². The molecule has 0 amide bonds. The molecule has 0 spiro atoms. The first kappa shape index (κ1) is 16.3. The Morgan fingerprint density at radius 2 is 2.05 bits per heavy atom. The lowest BCUT2D eigenvalue weighted by atomic mass is 9.88. The van der Waals surface area contributed by atoms with Crippen LogP contribution in [-0.4, -0.2) is 24.5 Å². The van der Waals surface area contributed by atoms with Crippen LogP contribution in [0, 0.1) is 0 Å². The summed E-state index contributed by atoms with van der Waals surface area (Å²) < 4.78 is 31.1. The summed E-state index contributed by atoms with van der Waals surface area (Å²) in [4.78, 5) is 4.41. The van der Waals surface area contributed by atoms with Crippen molar-refractivity contribution in [2.24, 2.45) is 10.7 Å². The summed E-state index contributed by atoms with van der Waals surface area (Å²) in [5, 5.41) is 2.86. The first-order valence-electron chi connectivity index (χ1n) is 6.73. The van der Waals surface area contributed by atoms with Crippen LogP contribution in [-0.2, 0) is 0 Å². The quantitative estimate of drug-likeness (QED) is 0.449. The minimum Gasteiger partial charge on any atom is -0.493 e.